The Labute approximate surface area is 79.7 Å². The Bertz CT molecular complexity index is 244. The summed E-state index contributed by atoms with van der Waals surface area (Å²) >= 11 is 0. The summed E-state index contributed by atoms with van der Waals surface area (Å²) in [4.78, 5) is 4.05. The molecule has 2 nitrogen and oxygen atoms in total. The minimum Gasteiger partial charge on any atom is -0.310 e. The van der Waals surface area contributed by atoms with Crippen molar-refractivity contribution < 1.29 is 0 Å². The van der Waals surface area contributed by atoms with Crippen molar-refractivity contribution in [2.45, 2.75) is 19.4 Å². The topological polar surface area (TPSA) is 24.9 Å². The van der Waals surface area contributed by atoms with E-state index in [1.54, 1.807) is 6.20 Å². The van der Waals surface area contributed by atoms with Crippen molar-refractivity contribution in [3.8, 4) is 0 Å². The Kier molecular flexibility index (Phi) is 4.19. The second kappa shape index (κ2) is 5.49. The summed E-state index contributed by atoms with van der Waals surface area (Å²) < 4.78 is 0. The summed E-state index contributed by atoms with van der Waals surface area (Å²) in [6.07, 6.45) is 6.62. The molecule has 1 N–H and O–H groups in total. The van der Waals surface area contributed by atoms with Gasteiger partial charge in [-0.25, -0.2) is 0 Å². The van der Waals surface area contributed by atoms with Gasteiger partial charge < -0.3 is 5.32 Å². The van der Waals surface area contributed by atoms with Gasteiger partial charge in [0.2, 0.25) is 0 Å². The lowest BCUT2D eigenvalue weighted by atomic mass is 10.2. The van der Waals surface area contributed by atoms with Crippen molar-refractivity contribution in [1.82, 2.24) is 10.3 Å². The monoisotopic (exact) mass is 176 g/mol. The van der Waals surface area contributed by atoms with Gasteiger partial charge in [0.25, 0.3) is 0 Å². The summed E-state index contributed by atoms with van der Waals surface area (Å²) in [6, 6.07) is 4.44. The lowest BCUT2D eigenvalue weighted by Crippen LogP contribution is -2.25. The van der Waals surface area contributed by atoms with Gasteiger partial charge in [0, 0.05) is 18.4 Å². The van der Waals surface area contributed by atoms with Crippen LogP contribution in [-0.2, 0) is 6.42 Å². The van der Waals surface area contributed by atoms with E-state index in [1.807, 2.05) is 18.3 Å². The van der Waals surface area contributed by atoms with Gasteiger partial charge in [-0.1, -0.05) is 12.1 Å². The number of hydrogen-bond donors (Lipinski definition) is 1. The third-order valence-electron chi connectivity index (χ3n) is 1.96. The number of pyridine rings is 1. The zero-order valence-electron chi connectivity index (χ0n) is 8.03. The summed E-state index contributed by atoms with van der Waals surface area (Å²) in [7, 11) is 0. The van der Waals surface area contributed by atoms with Crippen molar-refractivity contribution >= 4 is 0 Å². The Morgan fingerprint density at radius 2 is 2.54 bits per heavy atom. The third-order valence-corrected chi connectivity index (χ3v) is 1.96. The Morgan fingerprint density at radius 1 is 1.69 bits per heavy atom. The Morgan fingerprint density at radius 3 is 3.15 bits per heavy atom. The van der Waals surface area contributed by atoms with Crippen LogP contribution in [0.3, 0.4) is 0 Å². The summed E-state index contributed by atoms with van der Waals surface area (Å²) in [5.41, 5.74) is 1.27. The van der Waals surface area contributed by atoms with Gasteiger partial charge in [-0.3, -0.25) is 4.98 Å². The van der Waals surface area contributed by atoms with Gasteiger partial charge >= 0.3 is 0 Å². The van der Waals surface area contributed by atoms with Crippen LogP contribution in [-0.4, -0.2) is 17.6 Å². The minimum absolute atomic E-state index is 0.386. The molecule has 0 aromatic carbocycles. The zero-order valence-corrected chi connectivity index (χ0v) is 8.03. The second-order valence-corrected chi connectivity index (χ2v) is 3.09. The SMILES string of the molecule is C=CC(C)NCCc1cccnc1. The molecule has 1 unspecified atom stereocenters. The molecule has 1 aromatic rings. The van der Waals surface area contributed by atoms with E-state index in [4.69, 9.17) is 0 Å². The highest BCUT2D eigenvalue weighted by atomic mass is 14.9. The van der Waals surface area contributed by atoms with Crippen LogP contribution < -0.4 is 5.32 Å². The molecule has 1 heterocycles. The van der Waals surface area contributed by atoms with Crippen LogP contribution in [0.15, 0.2) is 37.2 Å². The molecule has 0 aliphatic rings. The first-order valence-corrected chi connectivity index (χ1v) is 4.58. The van der Waals surface area contributed by atoms with E-state index >= 15 is 0 Å². The van der Waals surface area contributed by atoms with Crippen LogP contribution in [0.1, 0.15) is 12.5 Å². The fourth-order valence-corrected chi connectivity index (χ4v) is 1.07. The van der Waals surface area contributed by atoms with E-state index in [-0.39, 0.29) is 0 Å². The highest BCUT2D eigenvalue weighted by molar-refractivity contribution is 5.08. The van der Waals surface area contributed by atoms with E-state index in [0.717, 1.165) is 13.0 Å². The summed E-state index contributed by atoms with van der Waals surface area (Å²) in [5, 5.41) is 3.33. The van der Waals surface area contributed by atoms with Crippen molar-refractivity contribution in [2.75, 3.05) is 6.54 Å². The fourth-order valence-electron chi connectivity index (χ4n) is 1.07. The highest BCUT2D eigenvalue weighted by Gasteiger charge is 1.94. The molecular weight excluding hydrogens is 160 g/mol. The normalized spacial score (nSPS) is 12.4. The quantitative estimate of drug-likeness (QED) is 0.692. The van der Waals surface area contributed by atoms with Crippen molar-refractivity contribution in [2.24, 2.45) is 0 Å². The Balaban J connectivity index is 2.24. The fraction of sp³-hybridized carbons (Fsp3) is 0.364. The minimum atomic E-state index is 0.386. The summed E-state index contributed by atoms with van der Waals surface area (Å²) in [6.45, 7) is 6.78. The van der Waals surface area contributed by atoms with Crippen LogP contribution in [0.4, 0.5) is 0 Å². The predicted octanol–water partition coefficient (Wildman–Crippen LogP) is 1.79. The van der Waals surface area contributed by atoms with Gasteiger partial charge in [0.15, 0.2) is 0 Å². The molecule has 0 fully saturated rings. The number of nitrogens with zero attached hydrogens (tertiary/aromatic N) is 1. The molecule has 2 heteroatoms. The molecule has 0 aliphatic heterocycles. The molecule has 0 spiro atoms. The van der Waals surface area contributed by atoms with E-state index in [9.17, 15) is 0 Å². The maximum Gasteiger partial charge on any atom is 0.0300 e. The van der Waals surface area contributed by atoms with Gasteiger partial charge in [-0.2, -0.15) is 0 Å². The average Bonchev–Trinajstić information content (AvgIpc) is 2.19. The molecule has 0 saturated carbocycles. The molecular formula is C11H16N2. The number of hydrogen-bond acceptors (Lipinski definition) is 2. The molecule has 1 aromatic heterocycles. The molecule has 0 aliphatic carbocycles. The lowest BCUT2D eigenvalue weighted by Gasteiger charge is -2.07. The van der Waals surface area contributed by atoms with Gasteiger partial charge in [-0.15, -0.1) is 6.58 Å². The molecule has 0 bridgehead atoms. The van der Waals surface area contributed by atoms with E-state index < -0.39 is 0 Å². The van der Waals surface area contributed by atoms with Crippen molar-refractivity contribution in [3.05, 3.63) is 42.7 Å². The first kappa shape index (κ1) is 9.93. The zero-order chi connectivity index (χ0) is 9.52. The van der Waals surface area contributed by atoms with E-state index in [0.29, 0.717) is 6.04 Å². The van der Waals surface area contributed by atoms with Crippen LogP contribution in [0.2, 0.25) is 0 Å². The molecule has 1 atom stereocenters. The molecule has 1 rings (SSSR count). The third kappa shape index (κ3) is 3.85. The standard InChI is InChI=1S/C11H16N2/c1-3-10(2)13-8-6-11-5-4-7-12-9-11/h3-5,7,9-10,13H,1,6,8H2,2H3. The first-order chi connectivity index (χ1) is 6.33. The molecule has 0 saturated heterocycles. The molecule has 70 valence electrons. The maximum atomic E-state index is 4.05. The maximum absolute atomic E-state index is 4.05. The smallest absolute Gasteiger partial charge is 0.0300 e. The van der Waals surface area contributed by atoms with E-state index in [1.165, 1.54) is 5.56 Å². The van der Waals surface area contributed by atoms with Crippen LogP contribution in [0.25, 0.3) is 0 Å². The van der Waals surface area contributed by atoms with Gasteiger partial charge in [-0.05, 0) is 31.5 Å². The average molecular weight is 176 g/mol. The van der Waals surface area contributed by atoms with Crippen molar-refractivity contribution in [1.29, 1.82) is 0 Å². The highest BCUT2D eigenvalue weighted by Crippen LogP contribution is 1.95. The number of rotatable bonds is 5. The number of nitrogens with one attached hydrogen (secondary N) is 1. The van der Waals surface area contributed by atoms with E-state index in [2.05, 4.69) is 29.9 Å². The van der Waals surface area contributed by atoms with Crippen LogP contribution in [0, 0.1) is 0 Å². The first-order valence-electron chi connectivity index (χ1n) is 4.58. The summed E-state index contributed by atoms with van der Waals surface area (Å²) in [5.74, 6) is 0. The van der Waals surface area contributed by atoms with Gasteiger partial charge in [0.05, 0.1) is 0 Å². The predicted molar refractivity (Wildman–Crippen MR) is 55.6 cm³/mol. The lowest BCUT2D eigenvalue weighted by molar-refractivity contribution is 0.632. The van der Waals surface area contributed by atoms with Crippen LogP contribution in [0.5, 0.6) is 0 Å². The molecule has 13 heavy (non-hydrogen) atoms. The van der Waals surface area contributed by atoms with Crippen molar-refractivity contribution in [3.63, 3.8) is 0 Å². The van der Waals surface area contributed by atoms with Gasteiger partial charge in [0.1, 0.15) is 0 Å². The molecule has 0 radical (unpaired) electrons. The molecule has 0 amide bonds. The largest absolute Gasteiger partial charge is 0.310 e. The Hall–Kier alpha value is -1.15. The van der Waals surface area contributed by atoms with Crippen LogP contribution >= 0.6 is 0 Å². The number of aromatic nitrogens is 1. The second-order valence-electron chi connectivity index (χ2n) is 3.09.